The van der Waals surface area contributed by atoms with Crippen molar-refractivity contribution in [3.8, 4) is 11.1 Å². The van der Waals surface area contributed by atoms with Gasteiger partial charge in [-0.15, -0.1) is 0 Å². The lowest BCUT2D eigenvalue weighted by Gasteiger charge is -2.11. The molecule has 1 aliphatic heterocycles. The summed E-state index contributed by atoms with van der Waals surface area (Å²) in [5.41, 5.74) is 3.87. The first kappa shape index (κ1) is 18.7. The summed E-state index contributed by atoms with van der Waals surface area (Å²) in [5.74, 6) is 0.528. The second-order valence-electron chi connectivity index (χ2n) is 7.29. The van der Waals surface area contributed by atoms with E-state index in [-0.39, 0.29) is 11.9 Å². The lowest BCUT2D eigenvalue weighted by atomic mass is 10.1. The maximum absolute atomic E-state index is 12.5. The topological polar surface area (TPSA) is 78.9 Å². The summed E-state index contributed by atoms with van der Waals surface area (Å²) in [6, 6.07) is 20.2. The molecule has 1 aliphatic rings. The summed E-state index contributed by atoms with van der Waals surface area (Å²) < 4.78 is 1.10. The van der Waals surface area contributed by atoms with Crippen LogP contribution in [0.1, 0.15) is 16.8 Å². The number of benzene rings is 2. The molecule has 1 amide bonds. The number of amides is 1. The number of anilines is 2. The van der Waals surface area contributed by atoms with Crippen LogP contribution in [0.4, 0.5) is 10.9 Å². The number of thiazole rings is 1. The number of rotatable bonds is 5. The van der Waals surface area contributed by atoms with E-state index in [9.17, 15) is 4.79 Å². The Kier molecular flexibility index (Phi) is 5.13. The van der Waals surface area contributed by atoms with Crippen LogP contribution in [0.25, 0.3) is 21.3 Å². The molecule has 3 heterocycles. The molecule has 30 heavy (non-hydrogen) atoms. The Balaban J connectivity index is 1.34. The molecule has 0 spiro atoms. The highest BCUT2D eigenvalue weighted by Gasteiger charge is 2.18. The molecule has 1 atom stereocenters. The third-order valence-corrected chi connectivity index (χ3v) is 6.08. The van der Waals surface area contributed by atoms with Gasteiger partial charge in [-0.1, -0.05) is 47.7 Å². The number of carbonyl (C=O) groups excluding carboxylic acids is 1. The van der Waals surface area contributed by atoms with Crippen LogP contribution >= 0.6 is 11.3 Å². The van der Waals surface area contributed by atoms with Crippen molar-refractivity contribution in [1.29, 1.82) is 0 Å². The van der Waals surface area contributed by atoms with Gasteiger partial charge in [-0.25, -0.2) is 9.97 Å². The predicted molar refractivity (Wildman–Crippen MR) is 121 cm³/mol. The van der Waals surface area contributed by atoms with E-state index in [2.05, 4.69) is 50.2 Å². The number of nitrogens with zero attached hydrogens (tertiary/aromatic N) is 2. The number of aromatic nitrogens is 2. The molecule has 0 radical (unpaired) electrons. The molecule has 2 aromatic heterocycles. The van der Waals surface area contributed by atoms with Gasteiger partial charge in [0.05, 0.1) is 10.2 Å². The highest BCUT2D eigenvalue weighted by molar-refractivity contribution is 7.22. The van der Waals surface area contributed by atoms with Crippen LogP contribution < -0.4 is 16.0 Å². The normalized spacial score (nSPS) is 15.9. The van der Waals surface area contributed by atoms with Gasteiger partial charge >= 0.3 is 0 Å². The zero-order chi connectivity index (χ0) is 20.3. The van der Waals surface area contributed by atoms with Crippen LogP contribution in [-0.2, 0) is 0 Å². The zero-order valence-electron chi connectivity index (χ0n) is 16.3. The predicted octanol–water partition coefficient (Wildman–Crippen LogP) is 4.19. The van der Waals surface area contributed by atoms with Crippen LogP contribution in [-0.4, -0.2) is 35.0 Å². The van der Waals surface area contributed by atoms with E-state index >= 15 is 0 Å². The van der Waals surface area contributed by atoms with Crippen LogP contribution in [0.2, 0.25) is 0 Å². The van der Waals surface area contributed by atoms with Gasteiger partial charge in [0, 0.05) is 24.3 Å². The SMILES string of the molecule is O=C(NC1CCNC1)c1ccnc(Nc2nc3ccc(-c4ccccc4)cc3s2)c1. The molecule has 0 bridgehead atoms. The Hall–Kier alpha value is -3.29. The minimum Gasteiger partial charge on any atom is -0.348 e. The molecule has 1 fully saturated rings. The fourth-order valence-electron chi connectivity index (χ4n) is 3.58. The number of pyridine rings is 1. The fourth-order valence-corrected chi connectivity index (χ4v) is 4.50. The van der Waals surface area contributed by atoms with E-state index in [1.807, 2.05) is 24.3 Å². The van der Waals surface area contributed by atoms with Crippen molar-refractivity contribution in [2.45, 2.75) is 12.5 Å². The molecule has 4 aromatic rings. The van der Waals surface area contributed by atoms with Gasteiger partial charge < -0.3 is 16.0 Å². The van der Waals surface area contributed by atoms with Crippen molar-refractivity contribution >= 4 is 38.4 Å². The van der Waals surface area contributed by atoms with Crippen molar-refractivity contribution in [3.05, 3.63) is 72.4 Å². The second kappa shape index (κ2) is 8.22. The molecule has 3 N–H and O–H groups in total. The maximum Gasteiger partial charge on any atom is 0.251 e. The largest absolute Gasteiger partial charge is 0.348 e. The summed E-state index contributed by atoms with van der Waals surface area (Å²) in [6.07, 6.45) is 2.60. The smallest absolute Gasteiger partial charge is 0.251 e. The van der Waals surface area contributed by atoms with Crippen molar-refractivity contribution in [1.82, 2.24) is 20.6 Å². The molecule has 1 saturated heterocycles. The molecule has 6 nitrogen and oxygen atoms in total. The van der Waals surface area contributed by atoms with Crippen molar-refractivity contribution in [2.75, 3.05) is 18.4 Å². The van der Waals surface area contributed by atoms with E-state index in [0.29, 0.717) is 11.4 Å². The summed E-state index contributed by atoms with van der Waals surface area (Å²) in [5, 5.41) is 10.3. The quantitative estimate of drug-likeness (QED) is 0.455. The molecule has 2 aromatic carbocycles. The van der Waals surface area contributed by atoms with Crippen LogP contribution in [0, 0.1) is 0 Å². The van der Waals surface area contributed by atoms with Gasteiger partial charge in [0.15, 0.2) is 5.13 Å². The minimum absolute atomic E-state index is 0.0778. The Morgan fingerprint density at radius 3 is 2.80 bits per heavy atom. The number of nitrogens with one attached hydrogen (secondary N) is 3. The van der Waals surface area contributed by atoms with Crippen molar-refractivity contribution in [2.24, 2.45) is 0 Å². The average Bonchev–Trinajstić information content (AvgIpc) is 3.43. The first-order chi connectivity index (χ1) is 14.7. The van der Waals surface area contributed by atoms with E-state index in [4.69, 9.17) is 0 Å². The van der Waals surface area contributed by atoms with Crippen LogP contribution in [0.15, 0.2) is 66.9 Å². The first-order valence-corrected chi connectivity index (χ1v) is 10.8. The lowest BCUT2D eigenvalue weighted by Crippen LogP contribution is -2.36. The summed E-state index contributed by atoms with van der Waals surface area (Å²) >= 11 is 1.57. The highest BCUT2D eigenvalue weighted by atomic mass is 32.1. The summed E-state index contributed by atoms with van der Waals surface area (Å²) in [6.45, 7) is 1.76. The van der Waals surface area contributed by atoms with Crippen LogP contribution in [0.5, 0.6) is 0 Å². The number of hydrogen-bond donors (Lipinski definition) is 3. The van der Waals surface area contributed by atoms with E-state index < -0.39 is 0 Å². The van der Waals surface area contributed by atoms with Gasteiger partial charge in [-0.05, 0) is 48.4 Å². The fraction of sp³-hybridized carbons (Fsp3) is 0.174. The number of hydrogen-bond acceptors (Lipinski definition) is 6. The van der Waals surface area contributed by atoms with Gasteiger partial charge in [-0.3, -0.25) is 4.79 Å². The highest BCUT2D eigenvalue weighted by Crippen LogP contribution is 2.31. The molecule has 0 aliphatic carbocycles. The number of carbonyl (C=O) groups is 1. The summed E-state index contributed by atoms with van der Waals surface area (Å²) in [4.78, 5) is 21.5. The number of fused-ring (bicyclic) bond motifs is 1. The Morgan fingerprint density at radius 2 is 1.97 bits per heavy atom. The molecule has 0 saturated carbocycles. The van der Waals surface area contributed by atoms with E-state index in [0.717, 1.165) is 40.4 Å². The molecule has 150 valence electrons. The van der Waals surface area contributed by atoms with Gasteiger partial charge in [0.25, 0.3) is 5.91 Å². The van der Waals surface area contributed by atoms with Gasteiger partial charge in [-0.2, -0.15) is 0 Å². The molecule has 1 unspecified atom stereocenters. The molecule has 5 rings (SSSR count). The molecular weight excluding hydrogens is 394 g/mol. The average molecular weight is 416 g/mol. The van der Waals surface area contributed by atoms with E-state index in [1.165, 1.54) is 5.56 Å². The third kappa shape index (κ3) is 4.03. The minimum atomic E-state index is -0.0778. The van der Waals surface area contributed by atoms with Crippen molar-refractivity contribution in [3.63, 3.8) is 0 Å². The van der Waals surface area contributed by atoms with Crippen molar-refractivity contribution < 1.29 is 4.79 Å². The zero-order valence-corrected chi connectivity index (χ0v) is 17.1. The third-order valence-electron chi connectivity index (χ3n) is 5.15. The van der Waals surface area contributed by atoms with E-state index in [1.54, 1.807) is 29.7 Å². The maximum atomic E-state index is 12.5. The van der Waals surface area contributed by atoms with Crippen LogP contribution in [0.3, 0.4) is 0 Å². The van der Waals surface area contributed by atoms with Gasteiger partial charge in [0.1, 0.15) is 5.82 Å². The summed E-state index contributed by atoms with van der Waals surface area (Å²) in [7, 11) is 0. The Bertz CT molecular complexity index is 1180. The molecule has 7 heteroatoms. The first-order valence-electron chi connectivity index (χ1n) is 9.95. The standard InChI is InChI=1S/C23H21N5OS/c29-22(26-18-9-10-24-14-18)17-8-11-25-21(13-17)28-23-27-19-7-6-16(12-20(19)30-23)15-4-2-1-3-5-15/h1-8,11-13,18,24H,9-10,14H2,(H,26,29)(H,25,27,28). The monoisotopic (exact) mass is 415 g/mol. The Labute approximate surface area is 178 Å². The van der Waals surface area contributed by atoms with Gasteiger partial charge in [0.2, 0.25) is 0 Å². The lowest BCUT2D eigenvalue weighted by molar-refractivity contribution is 0.0940. The molecular formula is C23H21N5OS. The second-order valence-corrected chi connectivity index (χ2v) is 8.32. The Morgan fingerprint density at radius 1 is 1.07 bits per heavy atom.